The summed E-state index contributed by atoms with van der Waals surface area (Å²) in [4.78, 5) is 24.4. The summed E-state index contributed by atoms with van der Waals surface area (Å²) in [7, 11) is 0. The van der Waals surface area contributed by atoms with Gasteiger partial charge in [-0.25, -0.2) is 0 Å². The van der Waals surface area contributed by atoms with Crippen LogP contribution in [0.4, 0.5) is 0 Å². The molecule has 0 saturated carbocycles. The maximum atomic E-state index is 12.4. The van der Waals surface area contributed by atoms with Crippen molar-refractivity contribution >= 4 is 11.9 Å². The van der Waals surface area contributed by atoms with Gasteiger partial charge in [0.15, 0.2) is 0 Å². The first kappa shape index (κ1) is 49.6. The van der Waals surface area contributed by atoms with Crippen LogP contribution in [0.5, 0.6) is 0 Å². The van der Waals surface area contributed by atoms with Crippen molar-refractivity contribution in [2.24, 2.45) is 0 Å². The number of rotatable bonds is 41. The molecule has 302 valence electrons. The van der Waals surface area contributed by atoms with Gasteiger partial charge in [-0.1, -0.05) is 187 Å². The van der Waals surface area contributed by atoms with E-state index in [2.05, 4.69) is 31.3 Å². The molecule has 0 spiro atoms. The van der Waals surface area contributed by atoms with Crippen LogP contribution < -0.4 is 5.32 Å². The number of carbonyl (C=O) groups excluding carboxylic acids is 2. The highest BCUT2D eigenvalue weighted by atomic mass is 16.5. The fourth-order valence-corrected chi connectivity index (χ4v) is 6.81. The van der Waals surface area contributed by atoms with Gasteiger partial charge in [-0.3, -0.25) is 9.59 Å². The van der Waals surface area contributed by atoms with Crippen LogP contribution in [-0.2, 0) is 14.3 Å². The highest BCUT2D eigenvalue weighted by molar-refractivity contribution is 5.76. The summed E-state index contributed by atoms with van der Waals surface area (Å²) in [6.45, 7) is 4.85. The first-order valence-corrected chi connectivity index (χ1v) is 22.4. The molecular weight excluding hydrogens is 634 g/mol. The lowest BCUT2D eigenvalue weighted by atomic mass is 10.0. The molecule has 0 aliphatic heterocycles. The van der Waals surface area contributed by atoms with Gasteiger partial charge in [0, 0.05) is 12.8 Å². The molecule has 3 N–H and O–H groups in total. The molecule has 0 aromatic heterocycles. The predicted molar refractivity (Wildman–Crippen MR) is 218 cm³/mol. The predicted octanol–water partition coefficient (Wildman–Crippen LogP) is 12.6. The van der Waals surface area contributed by atoms with E-state index >= 15 is 0 Å². The van der Waals surface area contributed by atoms with E-state index in [0.29, 0.717) is 25.9 Å². The van der Waals surface area contributed by atoms with Crippen LogP contribution in [0.15, 0.2) is 12.2 Å². The Morgan fingerprint density at radius 2 is 0.922 bits per heavy atom. The number of hydrogen-bond donors (Lipinski definition) is 3. The quantitative estimate of drug-likeness (QED) is 0.0332. The topological polar surface area (TPSA) is 95.9 Å². The second-order valence-electron chi connectivity index (χ2n) is 15.4. The number of unbranched alkanes of at least 4 members (excludes halogenated alkanes) is 28. The summed E-state index contributed by atoms with van der Waals surface area (Å²) in [6.07, 6.45) is 44.5. The molecule has 1 amide bonds. The number of esters is 1. The lowest BCUT2D eigenvalue weighted by Crippen LogP contribution is -2.45. The Labute approximate surface area is 317 Å². The summed E-state index contributed by atoms with van der Waals surface area (Å²) in [5, 5.41) is 23.0. The Bertz CT molecular complexity index is 757. The van der Waals surface area contributed by atoms with Crippen LogP contribution in [0.2, 0.25) is 0 Å². The number of aliphatic hydroxyl groups is 2. The van der Waals surface area contributed by atoms with Gasteiger partial charge in [0.2, 0.25) is 5.91 Å². The van der Waals surface area contributed by atoms with Gasteiger partial charge in [-0.15, -0.1) is 0 Å². The lowest BCUT2D eigenvalue weighted by Gasteiger charge is -2.22. The second-order valence-corrected chi connectivity index (χ2v) is 15.4. The first-order valence-electron chi connectivity index (χ1n) is 22.4. The van der Waals surface area contributed by atoms with Crippen molar-refractivity contribution in [2.45, 2.75) is 251 Å². The van der Waals surface area contributed by atoms with Crippen LogP contribution >= 0.6 is 0 Å². The minimum Gasteiger partial charge on any atom is -0.466 e. The SMILES string of the molecule is CCCCCCCC/C=C\CCCCCCCC(=O)OCCCCCCCCCCCC(=O)NC(CO)C(O)CCCCCCCCCCCC. The summed E-state index contributed by atoms with van der Waals surface area (Å²) in [5.41, 5.74) is 0. The van der Waals surface area contributed by atoms with E-state index in [1.54, 1.807) is 0 Å². The number of amides is 1. The highest BCUT2D eigenvalue weighted by Crippen LogP contribution is 2.15. The number of aliphatic hydroxyl groups excluding tert-OH is 2. The largest absolute Gasteiger partial charge is 0.466 e. The van der Waals surface area contributed by atoms with E-state index in [0.717, 1.165) is 57.8 Å². The molecule has 0 bridgehead atoms. The molecular formula is C45H87NO5. The van der Waals surface area contributed by atoms with Crippen molar-refractivity contribution in [3.05, 3.63) is 12.2 Å². The Morgan fingerprint density at radius 3 is 1.39 bits per heavy atom. The zero-order valence-corrected chi connectivity index (χ0v) is 34.1. The molecule has 6 nitrogen and oxygen atoms in total. The molecule has 0 saturated heterocycles. The molecule has 51 heavy (non-hydrogen) atoms. The maximum absolute atomic E-state index is 12.4. The minimum atomic E-state index is -0.679. The summed E-state index contributed by atoms with van der Waals surface area (Å²) < 4.78 is 5.43. The number of carbonyl (C=O) groups is 2. The van der Waals surface area contributed by atoms with Crippen molar-refractivity contribution in [3.8, 4) is 0 Å². The molecule has 2 unspecified atom stereocenters. The van der Waals surface area contributed by atoms with Gasteiger partial charge in [0.1, 0.15) is 0 Å². The Kier molecular flexibility index (Phi) is 40.2. The second kappa shape index (κ2) is 41.4. The highest BCUT2D eigenvalue weighted by Gasteiger charge is 2.20. The van der Waals surface area contributed by atoms with Crippen LogP contribution in [0.25, 0.3) is 0 Å². The summed E-state index contributed by atoms with van der Waals surface area (Å²) >= 11 is 0. The zero-order chi connectivity index (χ0) is 37.3. The van der Waals surface area contributed by atoms with Gasteiger partial charge in [-0.2, -0.15) is 0 Å². The van der Waals surface area contributed by atoms with E-state index in [1.165, 1.54) is 148 Å². The lowest BCUT2D eigenvalue weighted by molar-refractivity contribution is -0.143. The molecule has 0 aliphatic rings. The molecule has 0 heterocycles. The zero-order valence-electron chi connectivity index (χ0n) is 34.1. The van der Waals surface area contributed by atoms with Crippen LogP contribution in [0, 0.1) is 0 Å². The molecule has 0 rings (SSSR count). The maximum Gasteiger partial charge on any atom is 0.305 e. The fraction of sp³-hybridized carbons (Fsp3) is 0.911. The van der Waals surface area contributed by atoms with Crippen LogP contribution in [-0.4, -0.2) is 47.4 Å². The monoisotopic (exact) mass is 722 g/mol. The Hall–Kier alpha value is -1.40. The standard InChI is InChI=1S/C45H87NO5/c1-3-5-7-9-11-13-15-16-17-18-19-23-27-31-35-39-45(50)51-40-36-32-28-24-20-22-26-30-34-38-44(49)46-42(41-47)43(48)37-33-29-25-21-14-12-10-8-6-4-2/h16-17,42-43,47-48H,3-15,18-41H2,1-2H3,(H,46,49)/b17-16-. The molecule has 0 fully saturated rings. The van der Waals surface area contributed by atoms with Gasteiger partial charge >= 0.3 is 5.97 Å². The Morgan fingerprint density at radius 1 is 0.529 bits per heavy atom. The third kappa shape index (κ3) is 38.1. The van der Waals surface area contributed by atoms with E-state index in [4.69, 9.17) is 4.74 Å². The molecule has 0 radical (unpaired) electrons. The number of allylic oxidation sites excluding steroid dienone is 2. The molecule has 0 aromatic carbocycles. The normalized spacial score (nSPS) is 12.8. The van der Waals surface area contributed by atoms with Gasteiger partial charge in [-0.05, 0) is 51.4 Å². The van der Waals surface area contributed by atoms with E-state index in [1.807, 2.05) is 0 Å². The van der Waals surface area contributed by atoms with Crippen molar-refractivity contribution < 1.29 is 24.5 Å². The fourth-order valence-electron chi connectivity index (χ4n) is 6.81. The van der Waals surface area contributed by atoms with Crippen molar-refractivity contribution in [1.29, 1.82) is 0 Å². The molecule has 0 aliphatic carbocycles. The van der Waals surface area contributed by atoms with Gasteiger partial charge < -0.3 is 20.3 Å². The first-order chi connectivity index (χ1) is 25.0. The van der Waals surface area contributed by atoms with E-state index < -0.39 is 12.1 Å². The third-order valence-electron chi connectivity index (χ3n) is 10.3. The van der Waals surface area contributed by atoms with Gasteiger partial charge in [0.25, 0.3) is 0 Å². The van der Waals surface area contributed by atoms with Gasteiger partial charge in [0.05, 0.1) is 25.4 Å². The average molecular weight is 722 g/mol. The smallest absolute Gasteiger partial charge is 0.305 e. The Balaban J connectivity index is 3.48. The van der Waals surface area contributed by atoms with Crippen LogP contribution in [0.3, 0.4) is 0 Å². The number of hydrogen-bond acceptors (Lipinski definition) is 5. The van der Waals surface area contributed by atoms with E-state index in [9.17, 15) is 19.8 Å². The average Bonchev–Trinajstić information content (AvgIpc) is 3.13. The van der Waals surface area contributed by atoms with Crippen LogP contribution in [0.1, 0.15) is 239 Å². The summed E-state index contributed by atoms with van der Waals surface area (Å²) in [6, 6.07) is -0.559. The molecule has 0 aromatic rings. The van der Waals surface area contributed by atoms with Crippen molar-refractivity contribution in [2.75, 3.05) is 13.2 Å². The number of nitrogens with one attached hydrogen (secondary N) is 1. The third-order valence-corrected chi connectivity index (χ3v) is 10.3. The van der Waals surface area contributed by atoms with Crippen molar-refractivity contribution in [3.63, 3.8) is 0 Å². The minimum absolute atomic E-state index is 0.0336. The van der Waals surface area contributed by atoms with Crippen molar-refractivity contribution in [1.82, 2.24) is 5.32 Å². The molecule has 2 atom stereocenters. The number of ether oxygens (including phenoxy) is 1. The van der Waals surface area contributed by atoms with E-state index in [-0.39, 0.29) is 18.5 Å². The molecule has 6 heteroatoms. The summed E-state index contributed by atoms with van der Waals surface area (Å²) in [5.74, 6) is -0.0988.